The Bertz CT molecular complexity index is 1170. The lowest BCUT2D eigenvalue weighted by Crippen LogP contribution is -2.67. The lowest BCUT2D eigenvalue weighted by atomic mass is 9.76. The van der Waals surface area contributed by atoms with Crippen LogP contribution in [0.25, 0.3) is 10.9 Å². The highest BCUT2D eigenvalue weighted by Gasteiger charge is 2.56. The Morgan fingerprint density at radius 1 is 1.13 bits per heavy atom. The molecule has 6 heteroatoms. The van der Waals surface area contributed by atoms with Crippen LogP contribution < -0.4 is 0 Å². The number of para-hydroxylation sites is 1. The molecule has 1 N–H and O–H groups in total. The molecule has 0 unspecified atom stereocenters. The van der Waals surface area contributed by atoms with E-state index in [0.29, 0.717) is 19.7 Å². The van der Waals surface area contributed by atoms with Crippen LogP contribution in [0.4, 0.5) is 0 Å². The zero-order valence-corrected chi connectivity index (χ0v) is 18.1. The second kappa shape index (κ2) is 7.24. The predicted molar refractivity (Wildman–Crippen MR) is 119 cm³/mol. The number of amides is 2. The van der Waals surface area contributed by atoms with Gasteiger partial charge in [-0.25, -0.2) is 0 Å². The SMILES string of the molecule is COCCN1CC(=O)N2C[C@@H](c3ccc(C)cc3)c3c([nH]c4ccccc34)[C@@]2(C)C1=O. The Morgan fingerprint density at radius 3 is 2.61 bits per heavy atom. The Balaban J connectivity index is 1.72. The van der Waals surface area contributed by atoms with E-state index in [2.05, 4.69) is 42.2 Å². The molecule has 2 atom stereocenters. The number of nitrogens with zero attached hydrogens (tertiary/aromatic N) is 2. The molecule has 0 saturated carbocycles. The van der Waals surface area contributed by atoms with Crippen molar-refractivity contribution in [2.45, 2.75) is 25.3 Å². The topological polar surface area (TPSA) is 65.6 Å². The van der Waals surface area contributed by atoms with Crippen LogP contribution in [0.1, 0.15) is 35.2 Å². The number of carbonyl (C=O) groups excluding carboxylic acids is 2. The van der Waals surface area contributed by atoms with Crippen molar-refractivity contribution in [3.05, 3.63) is 70.9 Å². The summed E-state index contributed by atoms with van der Waals surface area (Å²) in [5, 5.41) is 1.11. The fourth-order valence-electron chi connectivity index (χ4n) is 5.16. The van der Waals surface area contributed by atoms with Crippen molar-refractivity contribution in [1.29, 1.82) is 0 Å². The maximum absolute atomic E-state index is 13.7. The Morgan fingerprint density at radius 2 is 1.87 bits per heavy atom. The number of ether oxygens (including phenoxy) is 1. The van der Waals surface area contributed by atoms with Crippen LogP contribution in [-0.2, 0) is 19.9 Å². The molecule has 0 aliphatic carbocycles. The van der Waals surface area contributed by atoms with E-state index in [1.165, 1.54) is 5.56 Å². The van der Waals surface area contributed by atoms with Gasteiger partial charge in [-0.1, -0.05) is 48.0 Å². The molecule has 2 aliphatic heterocycles. The standard InChI is InChI=1S/C25H27N3O3/c1-16-8-10-17(11-9-16)19-14-28-21(29)15-27(12-13-31-3)24(30)25(28,2)23-22(19)18-6-4-5-7-20(18)26-23/h4-11,19,26H,12-15H2,1-3H3/t19-,25-/m0/s1. The van der Waals surface area contributed by atoms with Crippen LogP contribution in [0.15, 0.2) is 48.5 Å². The van der Waals surface area contributed by atoms with E-state index >= 15 is 0 Å². The molecule has 3 heterocycles. The van der Waals surface area contributed by atoms with E-state index in [1.807, 2.05) is 25.1 Å². The number of aryl methyl sites for hydroxylation is 1. The number of hydrogen-bond acceptors (Lipinski definition) is 3. The van der Waals surface area contributed by atoms with Crippen LogP contribution in [0.2, 0.25) is 0 Å². The fourth-order valence-corrected chi connectivity index (χ4v) is 5.16. The van der Waals surface area contributed by atoms with E-state index in [9.17, 15) is 9.59 Å². The van der Waals surface area contributed by atoms with Crippen LogP contribution in [-0.4, -0.2) is 59.9 Å². The van der Waals surface area contributed by atoms with E-state index < -0.39 is 5.54 Å². The van der Waals surface area contributed by atoms with Gasteiger partial charge in [-0.2, -0.15) is 0 Å². The summed E-state index contributed by atoms with van der Waals surface area (Å²) in [5.41, 5.74) is 4.22. The molecular formula is C25H27N3O3. The number of benzene rings is 2. The van der Waals surface area contributed by atoms with E-state index in [0.717, 1.165) is 27.7 Å². The summed E-state index contributed by atoms with van der Waals surface area (Å²) in [6.07, 6.45) is 0. The summed E-state index contributed by atoms with van der Waals surface area (Å²) in [6.45, 7) is 5.33. The van der Waals surface area contributed by atoms with Crippen LogP contribution in [0.5, 0.6) is 0 Å². The monoisotopic (exact) mass is 417 g/mol. The van der Waals surface area contributed by atoms with Gasteiger partial charge in [-0.15, -0.1) is 0 Å². The minimum atomic E-state index is -1.06. The molecule has 2 aliphatic rings. The molecule has 5 rings (SSSR count). The van der Waals surface area contributed by atoms with Crippen molar-refractivity contribution < 1.29 is 14.3 Å². The maximum atomic E-state index is 13.7. The zero-order valence-electron chi connectivity index (χ0n) is 18.1. The summed E-state index contributed by atoms with van der Waals surface area (Å²) in [6, 6.07) is 16.6. The van der Waals surface area contributed by atoms with Crippen LogP contribution in [0, 0.1) is 6.92 Å². The average molecular weight is 418 g/mol. The molecule has 2 aromatic carbocycles. The summed E-state index contributed by atoms with van der Waals surface area (Å²) in [7, 11) is 1.60. The predicted octanol–water partition coefficient (Wildman–Crippen LogP) is 3.15. The highest BCUT2D eigenvalue weighted by Crippen LogP contribution is 2.48. The normalized spacial score (nSPS) is 23.3. The first kappa shape index (κ1) is 19.8. The van der Waals surface area contributed by atoms with Gasteiger partial charge < -0.3 is 19.5 Å². The highest BCUT2D eigenvalue weighted by atomic mass is 16.5. The number of aromatic nitrogens is 1. The number of nitrogens with one attached hydrogen (secondary N) is 1. The molecule has 1 fully saturated rings. The number of methoxy groups -OCH3 is 1. The van der Waals surface area contributed by atoms with Crippen molar-refractivity contribution >= 4 is 22.7 Å². The number of hydrogen-bond donors (Lipinski definition) is 1. The summed E-state index contributed by atoms with van der Waals surface area (Å²) < 4.78 is 5.17. The van der Waals surface area contributed by atoms with Gasteiger partial charge in [0, 0.05) is 37.0 Å². The average Bonchev–Trinajstić information content (AvgIpc) is 3.17. The number of piperazine rings is 1. The smallest absolute Gasteiger partial charge is 0.255 e. The summed E-state index contributed by atoms with van der Waals surface area (Å²) >= 11 is 0. The van der Waals surface area contributed by atoms with Gasteiger partial charge in [0.25, 0.3) is 5.91 Å². The molecule has 0 spiro atoms. The first-order valence-corrected chi connectivity index (χ1v) is 10.7. The maximum Gasteiger partial charge on any atom is 0.255 e. The second-order valence-electron chi connectivity index (χ2n) is 8.72. The molecule has 6 nitrogen and oxygen atoms in total. The van der Waals surface area contributed by atoms with Gasteiger partial charge in [0.1, 0.15) is 0 Å². The molecule has 1 saturated heterocycles. The number of rotatable bonds is 4. The molecule has 3 aromatic rings. The number of aromatic amines is 1. The van der Waals surface area contributed by atoms with E-state index in [4.69, 9.17) is 4.74 Å². The largest absolute Gasteiger partial charge is 0.383 e. The molecule has 160 valence electrons. The summed E-state index contributed by atoms with van der Waals surface area (Å²) in [5.74, 6) is -0.0824. The molecule has 0 radical (unpaired) electrons. The van der Waals surface area contributed by atoms with E-state index in [-0.39, 0.29) is 24.3 Å². The van der Waals surface area contributed by atoms with Crippen molar-refractivity contribution in [3.63, 3.8) is 0 Å². The fraction of sp³-hybridized carbons (Fsp3) is 0.360. The second-order valence-corrected chi connectivity index (χ2v) is 8.72. The molecule has 31 heavy (non-hydrogen) atoms. The van der Waals surface area contributed by atoms with Gasteiger partial charge in [0.2, 0.25) is 5.91 Å². The molecule has 2 amide bonds. The molecule has 1 aromatic heterocycles. The minimum Gasteiger partial charge on any atom is -0.383 e. The third kappa shape index (κ3) is 2.89. The van der Waals surface area contributed by atoms with Crippen LogP contribution in [0.3, 0.4) is 0 Å². The van der Waals surface area contributed by atoms with Gasteiger partial charge in [-0.3, -0.25) is 9.59 Å². The number of H-pyrrole nitrogens is 1. The Hall–Kier alpha value is -3.12. The van der Waals surface area contributed by atoms with Crippen molar-refractivity contribution in [3.8, 4) is 0 Å². The van der Waals surface area contributed by atoms with Gasteiger partial charge in [-0.05, 0) is 31.0 Å². The van der Waals surface area contributed by atoms with E-state index in [1.54, 1.807) is 16.9 Å². The number of fused-ring (bicyclic) bond motifs is 5. The number of carbonyl (C=O) groups is 2. The van der Waals surface area contributed by atoms with Gasteiger partial charge >= 0.3 is 0 Å². The zero-order chi connectivity index (χ0) is 21.8. The molecular weight excluding hydrogens is 390 g/mol. The summed E-state index contributed by atoms with van der Waals surface area (Å²) in [4.78, 5) is 33.9. The van der Waals surface area contributed by atoms with Crippen LogP contribution >= 0.6 is 0 Å². The van der Waals surface area contributed by atoms with Crippen molar-refractivity contribution in [2.24, 2.45) is 0 Å². The van der Waals surface area contributed by atoms with Crippen molar-refractivity contribution in [1.82, 2.24) is 14.8 Å². The highest BCUT2D eigenvalue weighted by molar-refractivity contribution is 6.01. The quantitative estimate of drug-likeness (QED) is 0.709. The van der Waals surface area contributed by atoms with Gasteiger partial charge in [0.15, 0.2) is 5.54 Å². The first-order valence-electron chi connectivity index (χ1n) is 10.7. The Labute approximate surface area is 181 Å². The van der Waals surface area contributed by atoms with Crippen molar-refractivity contribution in [2.75, 3.05) is 33.4 Å². The lowest BCUT2D eigenvalue weighted by Gasteiger charge is -2.51. The first-order chi connectivity index (χ1) is 14.9. The molecule has 0 bridgehead atoms. The van der Waals surface area contributed by atoms with Gasteiger partial charge in [0.05, 0.1) is 18.8 Å². The third-order valence-corrected chi connectivity index (χ3v) is 6.86. The third-order valence-electron chi connectivity index (χ3n) is 6.86. The minimum absolute atomic E-state index is 0.00194. The lowest BCUT2D eigenvalue weighted by molar-refractivity contribution is -0.166. The Kier molecular flexibility index (Phi) is 4.63.